The third-order valence-corrected chi connectivity index (χ3v) is 3.78. The van der Waals surface area contributed by atoms with Crippen molar-refractivity contribution in [1.29, 1.82) is 0 Å². The Morgan fingerprint density at radius 1 is 1.22 bits per heavy atom. The Balaban J connectivity index is 0.00000192. The number of halogens is 1. The molecular weight excluding hydrogens is 318 g/mol. The van der Waals surface area contributed by atoms with Crippen LogP contribution in [0.2, 0.25) is 0 Å². The van der Waals surface area contributed by atoms with Crippen molar-refractivity contribution in [3.8, 4) is 0 Å². The first-order valence-corrected chi connectivity index (χ1v) is 7.45. The molecule has 8 heteroatoms. The maximum absolute atomic E-state index is 12.1. The number of carbonyl (C=O) groups excluding carboxylic acids is 2. The lowest BCUT2D eigenvalue weighted by Gasteiger charge is -2.27. The Labute approximate surface area is 140 Å². The molecule has 0 spiro atoms. The van der Waals surface area contributed by atoms with Crippen molar-refractivity contribution in [3.05, 3.63) is 30.0 Å². The van der Waals surface area contributed by atoms with Gasteiger partial charge in [-0.3, -0.25) is 14.7 Å². The van der Waals surface area contributed by atoms with Gasteiger partial charge in [-0.1, -0.05) is 18.2 Å². The van der Waals surface area contributed by atoms with Gasteiger partial charge in [0.1, 0.15) is 0 Å². The van der Waals surface area contributed by atoms with Crippen LogP contribution >= 0.6 is 12.4 Å². The molecule has 1 saturated heterocycles. The lowest BCUT2D eigenvalue weighted by atomic mass is 10.2. The van der Waals surface area contributed by atoms with Crippen molar-refractivity contribution in [2.45, 2.75) is 6.42 Å². The Kier molecular flexibility index (Phi) is 5.95. The number of nitrogens with one attached hydrogen (secondary N) is 3. The van der Waals surface area contributed by atoms with Gasteiger partial charge >= 0.3 is 0 Å². The number of amides is 2. The van der Waals surface area contributed by atoms with Crippen LogP contribution < -0.4 is 10.6 Å². The second-order valence-corrected chi connectivity index (χ2v) is 5.25. The van der Waals surface area contributed by atoms with Crippen LogP contribution in [-0.2, 0) is 4.79 Å². The van der Waals surface area contributed by atoms with Gasteiger partial charge in [-0.05, 0) is 6.07 Å². The molecule has 1 fully saturated rings. The molecule has 2 heterocycles. The van der Waals surface area contributed by atoms with Crippen molar-refractivity contribution < 1.29 is 9.59 Å². The maximum Gasteiger partial charge on any atom is 0.272 e. The van der Waals surface area contributed by atoms with Gasteiger partial charge in [0.2, 0.25) is 5.91 Å². The molecule has 7 nitrogen and oxygen atoms in total. The molecule has 1 aromatic carbocycles. The molecule has 23 heavy (non-hydrogen) atoms. The SMILES string of the molecule is Cl.O=C(NCCC(=O)N1CCNCC1)c1n[nH]c2ccccc12. The van der Waals surface area contributed by atoms with E-state index in [2.05, 4.69) is 20.8 Å². The summed E-state index contributed by atoms with van der Waals surface area (Å²) in [6.45, 7) is 3.45. The fraction of sp³-hybridized carbons (Fsp3) is 0.400. The highest BCUT2D eigenvalue weighted by Crippen LogP contribution is 2.14. The topological polar surface area (TPSA) is 90.1 Å². The molecule has 0 aliphatic carbocycles. The number of hydrogen-bond donors (Lipinski definition) is 3. The zero-order chi connectivity index (χ0) is 15.4. The first kappa shape index (κ1) is 17.2. The number of aromatic nitrogens is 2. The first-order chi connectivity index (χ1) is 10.8. The Hall–Kier alpha value is -2.12. The second kappa shape index (κ2) is 7.94. The van der Waals surface area contributed by atoms with Crippen LogP contribution in [0.4, 0.5) is 0 Å². The summed E-state index contributed by atoms with van der Waals surface area (Å²) < 4.78 is 0. The smallest absolute Gasteiger partial charge is 0.272 e. The number of hydrogen-bond acceptors (Lipinski definition) is 4. The zero-order valence-electron chi connectivity index (χ0n) is 12.7. The quantitative estimate of drug-likeness (QED) is 0.759. The van der Waals surface area contributed by atoms with Crippen LogP contribution in [0.1, 0.15) is 16.9 Å². The van der Waals surface area contributed by atoms with Gasteiger partial charge in [0.05, 0.1) is 5.52 Å². The number of piperazine rings is 1. The fourth-order valence-electron chi connectivity index (χ4n) is 2.58. The average Bonchev–Trinajstić information content (AvgIpc) is 2.99. The minimum atomic E-state index is -0.259. The van der Waals surface area contributed by atoms with Gasteiger partial charge in [0.15, 0.2) is 5.69 Å². The van der Waals surface area contributed by atoms with Gasteiger partial charge < -0.3 is 15.5 Å². The summed E-state index contributed by atoms with van der Waals surface area (Å²) in [4.78, 5) is 26.0. The molecule has 124 valence electrons. The van der Waals surface area contributed by atoms with Crippen LogP contribution in [0.5, 0.6) is 0 Å². The summed E-state index contributed by atoms with van der Waals surface area (Å²) in [5.41, 5.74) is 1.19. The molecule has 1 aliphatic heterocycles. The van der Waals surface area contributed by atoms with E-state index in [0.29, 0.717) is 18.7 Å². The molecule has 3 N–H and O–H groups in total. The molecule has 0 unspecified atom stereocenters. The first-order valence-electron chi connectivity index (χ1n) is 7.45. The van der Waals surface area contributed by atoms with E-state index < -0.39 is 0 Å². The van der Waals surface area contributed by atoms with Gasteiger partial charge in [0.25, 0.3) is 5.91 Å². The van der Waals surface area contributed by atoms with Crippen molar-refractivity contribution in [3.63, 3.8) is 0 Å². The molecule has 1 aromatic heterocycles. The second-order valence-electron chi connectivity index (χ2n) is 5.25. The molecule has 1 aliphatic rings. The van der Waals surface area contributed by atoms with E-state index >= 15 is 0 Å². The minimum absolute atomic E-state index is 0. The van der Waals surface area contributed by atoms with E-state index in [9.17, 15) is 9.59 Å². The minimum Gasteiger partial charge on any atom is -0.350 e. The predicted molar refractivity (Wildman–Crippen MR) is 89.7 cm³/mol. The average molecular weight is 338 g/mol. The van der Waals surface area contributed by atoms with Gasteiger partial charge in [-0.2, -0.15) is 5.10 Å². The van der Waals surface area contributed by atoms with Crippen LogP contribution in [0, 0.1) is 0 Å². The lowest BCUT2D eigenvalue weighted by molar-refractivity contribution is -0.131. The Morgan fingerprint density at radius 2 is 1.96 bits per heavy atom. The number of carbonyl (C=O) groups is 2. The van der Waals surface area contributed by atoms with E-state index in [1.54, 1.807) is 0 Å². The van der Waals surface area contributed by atoms with Gasteiger partial charge in [-0.25, -0.2) is 0 Å². The number of aromatic amines is 1. The molecular formula is C15H20ClN5O2. The highest BCUT2D eigenvalue weighted by molar-refractivity contribution is 6.04. The van der Waals surface area contributed by atoms with E-state index in [1.165, 1.54) is 0 Å². The number of benzene rings is 1. The molecule has 0 bridgehead atoms. The van der Waals surface area contributed by atoms with Crippen molar-refractivity contribution in [2.24, 2.45) is 0 Å². The number of nitrogens with zero attached hydrogens (tertiary/aromatic N) is 2. The van der Waals surface area contributed by atoms with Crippen molar-refractivity contribution in [1.82, 2.24) is 25.7 Å². The van der Waals surface area contributed by atoms with Crippen LogP contribution in [0.15, 0.2) is 24.3 Å². The highest BCUT2D eigenvalue weighted by atomic mass is 35.5. The number of rotatable bonds is 4. The zero-order valence-corrected chi connectivity index (χ0v) is 13.5. The summed E-state index contributed by atoms with van der Waals surface area (Å²) >= 11 is 0. The normalized spacial score (nSPS) is 14.3. The largest absolute Gasteiger partial charge is 0.350 e. The molecule has 2 amide bonds. The maximum atomic E-state index is 12.1. The predicted octanol–water partition coefficient (Wildman–Crippen LogP) is 0.536. The van der Waals surface area contributed by atoms with Crippen LogP contribution in [-0.4, -0.2) is 59.6 Å². The van der Waals surface area contributed by atoms with E-state index in [4.69, 9.17) is 0 Å². The van der Waals surface area contributed by atoms with Gasteiger partial charge in [-0.15, -0.1) is 12.4 Å². The van der Waals surface area contributed by atoms with Gasteiger partial charge in [0, 0.05) is 44.5 Å². The summed E-state index contributed by atoms with van der Waals surface area (Å²) in [6, 6.07) is 7.46. The summed E-state index contributed by atoms with van der Waals surface area (Å²) in [5.74, 6) is -0.181. The Bertz CT molecular complexity index is 681. The summed E-state index contributed by atoms with van der Waals surface area (Å²) in [6.07, 6.45) is 0.314. The van der Waals surface area contributed by atoms with Crippen LogP contribution in [0.25, 0.3) is 10.9 Å². The third-order valence-electron chi connectivity index (χ3n) is 3.78. The fourth-order valence-corrected chi connectivity index (χ4v) is 2.58. The lowest BCUT2D eigenvalue weighted by Crippen LogP contribution is -2.47. The van der Waals surface area contributed by atoms with E-state index in [1.807, 2.05) is 29.2 Å². The van der Waals surface area contributed by atoms with E-state index in [0.717, 1.165) is 37.1 Å². The van der Waals surface area contributed by atoms with Crippen molar-refractivity contribution >= 4 is 35.1 Å². The number of H-pyrrole nitrogens is 1. The summed E-state index contributed by atoms with van der Waals surface area (Å²) in [5, 5.41) is 13.6. The molecule has 2 aromatic rings. The van der Waals surface area contributed by atoms with Crippen molar-refractivity contribution in [2.75, 3.05) is 32.7 Å². The standard InChI is InChI=1S/C15H19N5O2.ClH/c21-13(20-9-7-16-8-10-20)5-6-17-15(22)14-11-3-1-2-4-12(11)18-19-14;/h1-4,16H,5-10H2,(H,17,22)(H,18,19);1H. The molecule has 3 rings (SSSR count). The monoisotopic (exact) mass is 337 g/mol. The third kappa shape index (κ3) is 4.00. The Morgan fingerprint density at radius 3 is 2.74 bits per heavy atom. The molecule has 0 atom stereocenters. The number of fused-ring (bicyclic) bond motifs is 1. The van der Waals surface area contributed by atoms with E-state index in [-0.39, 0.29) is 24.2 Å². The number of para-hydroxylation sites is 1. The van der Waals surface area contributed by atoms with Crippen LogP contribution in [0.3, 0.4) is 0 Å². The molecule has 0 radical (unpaired) electrons. The summed E-state index contributed by atoms with van der Waals surface area (Å²) in [7, 11) is 0. The molecule has 0 saturated carbocycles. The highest BCUT2D eigenvalue weighted by Gasteiger charge is 2.17.